The van der Waals surface area contributed by atoms with E-state index in [9.17, 15) is 17.8 Å². The molecule has 0 aliphatic rings. The van der Waals surface area contributed by atoms with Crippen molar-refractivity contribution < 1.29 is 22.2 Å². The SMILES string of the molecule is CCCC(=C(C)C(N)=O)[N+](C)(C)C(CC)S(=O)(=O)O. The largest absolute Gasteiger partial charge is 0.366 e. The summed E-state index contributed by atoms with van der Waals surface area (Å²) in [5.41, 5.74) is 6.29. The molecule has 0 aliphatic carbocycles. The minimum Gasteiger partial charge on any atom is -0.366 e. The first-order valence-corrected chi connectivity index (χ1v) is 7.80. The third kappa shape index (κ3) is 4.29. The highest BCUT2D eigenvalue weighted by Gasteiger charge is 2.41. The Morgan fingerprint density at radius 2 is 1.79 bits per heavy atom. The molecule has 0 rings (SSSR count). The molecule has 6 nitrogen and oxygen atoms in total. The molecule has 0 heterocycles. The summed E-state index contributed by atoms with van der Waals surface area (Å²) in [4.78, 5) is 11.4. The number of amides is 1. The van der Waals surface area contributed by atoms with Crippen molar-refractivity contribution in [2.24, 2.45) is 5.73 Å². The van der Waals surface area contributed by atoms with E-state index in [0.29, 0.717) is 17.7 Å². The van der Waals surface area contributed by atoms with Crippen molar-refractivity contribution in [1.82, 2.24) is 0 Å². The molecule has 0 aromatic rings. The lowest BCUT2D eigenvalue weighted by atomic mass is 10.1. The van der Waals surface area contributed by atoms with Gasteiger partial charge in [-0.05, 0) is 13.3 Å². The summed E-state index contributed by atoms with van der Waals surface area (Å²) in [6, 6.07) is 0. The Kier molecular flexibility index (Phi) is 6.18. The Balaban J connectivity index is 5.93. The molecule has 1 unspecified atom stereocenters. The van der Waals surface area contributed by atoms with Gasteiger partial charge in [0.05, 0.1) is 19.7 Å². The van der Waals surface area contributed by atoms with Crippen LogP contribution in [0.25, 0.3) is 0 Å². The van der Waals surface area contributed by atoms with Crippen LogP contribution in [0.4, 0.5) is 0 Å². The molecule has 0 aromatic carbocycles. The van der Waals surface area contributed by atoms with Gasteiger partial charge in [0.15, 0.2) is 0 Å². The van der Waals surface area contributed by atoms with Crippen LogP contribution in [0.5, 0.6) is 0 Å². The second kappa shape index (κ2) is 6.49. The van der Waals surface area contributed by atoms with Crippen molar-refractivity contribution in [3.8, 4) is 0 Å². The van der Waals surface area contributed by atoms with E-state index < -0.39 is 21.4 Å². The molecule has 0 radical (unpaired) electrons. The molecule has 0 aromatic heterocycles. The van der Waals surface area contributed by atoms with Crippen LogP contribution < -0.4 is 5.73 Å². The van der Waals surface area contributed by atoms with E-state index in [4.69, 9.17) is 5.73 Å². The van der Waals surface area contributed by atoms with Crippen molar-refractivity contribution in [2.45, 2.75) is 45.4 Å². The number of nitrogens with two attached hydrogens (primary N) is 1. The van der Waals surface area contributed by atoms with E-state index >= 15 is 0 Å². The summed E-state index contributed by atoms with van der Waals surface area (Å²) in [5, 5.41) is -1.01. The highest BCUT2D eigenvalue weighted by Crippen LogP contribution is 2.28. The molecule has 1 amide bonds. The second-order valence-electron chi connectivity index (χ2n) is 5.10. The van der Waals surface area contributed by atoms with Crippen molar-refractivity contribution in [2.75, 3.05) is 14.1 Å². The summed E-state index contributed by atoms with van der Waals surface area (Å²) < 4.78 is 32.3. The van der Waals surface area contributed by atoms with Gasteiger partial charge in [-0.1, -0.05) is 13.8 Å². The summed E-state index contributed by atoms with van der Waals surface area (Å²) in [5.74, 6) is -0.570. The first kappa shape index (κ1) is 18.1. The van der Waals surface area contributed by atoms with Gasteiger partial charge < -0.3 is 5.73 Å². The highest BCUT2D eigenvalue weighted by atomic mass is 32.2. The van der Waals surface area contributed by atoms with Crippen LogP contribution in [-0.2, 0) is 14.9 Å². The van der Waals surface area contributed by atoms with Crippen LogP contribution in [0.15, 0.2) is 11.3 Å². The summed E-state index contributed by atoms with van der Waals surface area (Å²) in [6.45, 7) is 5.20. The van der Waals surface area contributed by atoms with Gasteiger partial charge in [-0.25, -0.2) is 0 Å². The average molecular weight is 293 g/mol. The quantitative estimate of drug-likeness (QED) is 0.419. The molecular weight excluding hydrogens is 268 g/mol. The Hall–Kier alpha value is -0.920. The topological polar surface area (TPSA) is 97.5 Å². The first-order chi connectivity index (χ1) is 8.50. The van der Waals surface area contributed by atoms with Gasteiger partial charge in [0.1, 0.15) is 5.70 Å². The Labute approximate surface area is 115 Å². The number of carbonyl (C=O) groups excluding carboxylic acids is 1. The van der Waals surface area contributed by atoms with E-state index in [1.807, 2.05) is 6.92 Å². The normalized spacial score (nSPS) is 15.9. The fraction of sp³-hybridized carbons (Fsp3) is 0.750. The van der Waals surface area contributed by atoms with Crippen LogP contribution in [-0.4, -0.2) is 42.8 Å². The highest BCUT2D eigenvalue weighted by molar-refractivity contribution is 7.86. The molecule has 0 saturated heterocycles. The van der Waals surface area contributed by atoms with Crippen molar-refractivity contribution >= 4 is 16.0 Å². The van der Waals surface area contributed by atoms with E-state index in [2.05, 4.69) is 0 Å². The summed E-state index contributed by atoms with van der Waals surface area (Å²) >= 11 is 0. The van der Waals surface area contributed by atoms with E-state index in [1.165, 1.54) is 0 Å². The number of hydrogen-bond acceptors (Lipinski definition) is 3. The molecule has 1 atom stereocenters. The minimum atomic E-state index is -4.21. The molecule has 0 bridgehead atoms. The fourth-order valence-electron chi connectivity index (χ4n) is 2.46. The summed E-state index contributed by atoms with van der Waals surface area (Å²) in [6.07, 6.45) is 1.54. The maximum atomic E-state index is 11.5. The molecule has 3 N–H and O–H groups in total. The van der Waals surface area contributed by atoms with Crippen molar-refractivity contribution in [1.29, 1.82) is 0 Å². The monoisotopic (exact) mass is 293 g/mol. The lowest BCUT2D eigenvalue weighted by Gasteiger charge is -2.37. The molecule has 0 aliphatic heterocycles. The third-order valence-electron chi connectivity index (χ3n) is 3.40. The number of primary amides is 1. The number of carbonyl (C=O) groups is 1. The molecule has 0 saturated carbocycles. The van der Waals surface area contributed by atoms with Gasteiger partial charge in [-0.15, -0.1) is 0 Å². The zero-order valence-electron chi connectivity index (χ0n) is 12.3. The first-order valence-electron chi connectivity index (χ1n) is 6.30. The maximum absolute atomic E-state index is 11.5. The van der Waals surface area contributed by atoms with Crippen LogP contribution in [0.3, 0.4) is 0 Å². The Morgan fingerprint density at radius 3 is 2.05 bits per heavy atom. The summed E-state index contributed by atoms with van der Waals surface area (Å²) in [7, 11) is -0.877. The zero-order valence-corrected chi connectivity index (χ0v) is 13.1. The van der Waals surface area contributed by atoms with Gasteiger partial charge in [0.25, 0.3) is 0 Å². The maximum Gasteiger partial charge on any atom is 0.319 e. The van der Waals surface area contributed by atoms with Crippen molar-refractivity contribution in [3.05, 3.63) is 11.3 Å². The van der Waals surface area contributed by atoms with Gasteiger partial charge in [-0.3, -0.25) is 13.8 Å². The molecular formula is C12H25N2O4S+. The molecule has 0 fully saturated rings. The van der Waals surface area contributed by atoms with Crippen LogP contribution >= 0.6 is 0 Å². The number of allylic oxidation sites excluding steroid dienone is 1. The smallest absolute Gasteiger partial charge is 0.319 e. The lowest BCUT2D eigenvalue weighted by Crippen LogP contribution is -2.52. The predicted octanol–water partition coefficient (Wildman–Crippen LogP) is 1.25. The van der Waals surface area contributed by atoms with Crippen LogP contribution in [0.2, 0.25) is 0 Å². The standard InChI is InChI=1S/C12H24N2O4S/c1-6-8-10(9(3)12(13)15)14(4,5)11(7-2)19(16,17)18/h11H,6-8H2,1-5H3,(H2-,13,15,16,17,18)/p+1. The van der Waals surface area contributed by atoms with E-state index in [0.717, 1.165) is 6.42 Å². The van der Waals surface area contributed by atoms with E-state index in [-0.39, 0.29) is 10.9 Å². The number of quaternary nitrogens is 1. The van der Waals surface area contributed by atoms with Crippen LogP contribution in [0.1, 0.15) is 40.0 Å². The van der Waals surface area contributed by atoms with E-state index in [1.54, 1.807) is 27.9 Å². The van der Waals surface area contributed by atoms with Gasteiger partial charge in [0.2, 0.25) is 11.3 Å². The Bertz CT molecular complexity index is 466. The minimum absolute atomic E-state index is 0.0854. The zero-order chi connectivity index (χ0) is 15.4. The molecule has 19 heavy (non-hydrogen) atoms. The molecule has 7 heteroatoms. The molecule has 0 spiro atoms. The number of nitrogens with zero attached hydrogens (tertiary/aromatic N) is 1. The number of rotatable bonds is 7. The fourth-order valence-corrected chi connectivity index (χ4v) is 3.68. The Morgan fingerprint density at radius 1 is 1.32 bits per heavy atom. The van der Waals surface area contributed by atoms with Crippen molar-refractivity contribution in [3.63, 3.8) is 0 Å². The van der Waals surface area contributed by atoms with Crippen LogP contribution in [0, 0.1) is 0 Å². The average Bonchev–Trinajstić information content (AvgIpc) is 2.22. The van der Waals surface area contributed by atoms with Gasteiger partial charge >= 0.3 is 10.1 Å². The lowest BCUT2D eigenvalue weighted by molar-refractivity contribution is -0.866. The second-order valence-corrected chi connectivity index (χ2v) is 6.68. The van der Waals surface area contributed by atoms with Gasteiger partial charge in [-0.2, -0.15) is 8.42 Å². The number of hydrogen-bond donors (Lipinski definition) is 2. The third-order valence-corrected chi connectivity index (χ3v) is 4.95. The molecule has 112 valence electrons. The van der Waals surface area contributed by atoms with Gasteiger partial charge in [0, 0.05) is 12.8 Å². The predicted molar refractivity (Wildman–Crippen MR) is 74.5 cm³/mol.